The number of rotatable bonds is 9. The Kier molecular flexibility index (Phi) is 8.25. The van der Waals surface area contributed by atoms with Gasteiger partial charge in [-0.3, -0.25) is 19.1 Å². The van der Waals surface area contributed by atoms with Gasteiger partial charge in [0.1, 0.15) is 40.2 Å². The highest BCUT2D eigenvalue weighted by Crippen LogP contribution is 2.43. The lowest BCUT2D eigenvalue weighted by Crippen LogP contribution is -2.45. The maximum atomic E-state index is 16.2. The molecule has 6 rings (SSSR count). The monoisotopic (exact) mass is 676 g/mol. The lowest BCUT2D eigenvalue weighted by molar-refractivity contribution is -0.137. The Bertz CT molecular complexity index is 1810. The average molecular weight is 678 g/mol. The van der Waals surface area contributed by atoms with Crippen LogP contribution < -0.4 is 5.32 Å². The van der Waals surface area contributed by atoms with Crippen molar-refractivity contribution >= 4 is 50.2 Å². The number of aryl methyl sites for hydroxylation is 1. The van der Waals surface area contributed by atoms with E-state index in [9.17, 15) is 14.4 Å². The van der Waals surface area contributed by atoms with E-state index in [0.29, 0.717) is 33.1 Å². The maximum absolute atomic E-state index is 16.2. The molecular weight excluding hydrogens is 643 g/mol. The number of fused-ring (bicyclic) bond motifs is 1. The number of pyridine rings is 1. The minimum absolute atomic E-state index is 0.0493. The molecule has 0 unspecified atom stereocenters. The average Bonchev–Trinajstić information content (AvgIpc) is 3.67. The van der Waals surface area contributed by atoms with E-state index < -0.39 is 23.5 Å². The van der Waals surface area contributed by atoms with Gasteiger partial charge in [-0.1, -0.05) is 12.1 Å². The number of carbonyl (C=O) groups excluding carboxylic acids is 3. The van der Waals surface area contributed by atoms with E-state index in [1.165, 1.54) is 16.5 Å². The second kappa shape index (κ2) is 12.0. The van der Waals surface area contributed by atoms with Crippen LogP contribution in [0.2, 0.25) is 0 Å². The fourth-order valence-electron chi connectivity index (χ4n) is 6.08. The third-order valence-electron chi connectivity index (χ3n) is 8.25. The van der Waals surface area contributed by atoms with Gasteiger partial charge in [0, 0.05) is 43.2 Å². The van der Waals surface area contributed by atoms with Crippen LogP contribution in [0.5, 0.6) is 0 Å². The van der Waals surface area contributed by atoms with Gasteiger partial charge >= 0.3 is 0 Å². The maximum Gasteiger partial charge on any atom is 0.248 e. The number of amides is 2. The van der Waals surface area contributed by atoms with Gasteiger partial charge in [-0.25, -0.2) is 19.3 Å². The molecule has 0 radical (unpaired) electrons. The van der Waals surface area contributed by atoms with Gasteiger partial charge in [-0.15, -0.1) is 0 Å². The van der Waals surface area contributed by atoms with Crippen LogP contribution in [-0.4, -0.2) is 91.0 Å². The first kappa shape index (κ1) is 30.9. The summed E-state index contributed by atoms with van der Waals surface area (Å²) in [5.41, 5.74) is 1.48. The summed E-state index contributed by atoms with van der Waals surface area (Å²) in [6.07, 6.45) is 5.28. The topological polar surface area (TPSA) is 126 Å². The predicted molar refractivity (Wildman–Crippen MR) is 171 cm³/mol. The second-order valence-corrected chi connectivity index (χ2v) is 13.1. The highest BCUT2D eigenvalue weighted by Gasteiger charge is 2.50. The van der Waals surface area contributed by atoms with Crippen molar-refractivity contribution in [2.75, 3.05) is 32.5 Å². The molecule has 45 heavy (non-hydrogen) atoms. The van der Waals surface area contributed by atoms with Gasteiger partial charge in [-0.2, -0.15) is 5.10 Å². The van der Waals surface area contributed by atoms with Gasteiger partial charge in [0.25, 0.3) is 0 Å². The van der Waals surface area contributed by atoms with Crippen molar-refractivity contribution in [2.24, 2.45) is 0 Å². The number of likely N-dealkylation sites (tertiary alicyclic amines) is 1. The number of nitrogens with one attached hydrogen (secondary N) is 1. The summed E-state index contributed by atoms with van der Waals surface area (Å²) in [6.45, 7) is 2.74. The zero-order valence-corrected chi connectivity index (χ0v) is 27.1. The number of carbonyl (C=O) groups is 3. The number of nitrogens with zero attached hydrogens (tertiary/aromatic N) is 7. The summed E-state index contributed by atoms with van der Waals surface area (Å²) in [4.78, 5) is 56.3. The normalized spacial score (nSPS) is 19.8. The van der Waals surface area contributed by atoms with E-state index >= 15 is 4.39 Å². The number of Topliss-reactive ketones (excluding diaryl/α,β-unsaturated/α-hetero) is 1. The number of ketones is 1. The zero-order chi connectivity index (χ0) is 32.0. The number of anilines is 1. The van der Waals surface area contributed by atoms with E-state index in [2.05, 4.69) is 41.3 Å². The Balaban J connectivity index is 1.30. The molecule has 1 saturated heterocycles. The van der Waals surface area contributed by atoms with Crippen molar-refractivity contribution in [1.82, 2.24) is 34.5 Å². The number of halogens is 2. The molecule has 13 heteroatoms. The smallest absolute Gasteiger partial charge is 0.248 e. The second-order valence-electron chi connectivity index (χ2n) is 12.3. The fraction of sp³-hybridized carbons (Fsp3) is 0.406. The number of hydrogen-bond acceptors (Lipinski definition) is 8. The Labute approximate surface area is 268 Å². The highest BCUT2D eigenvalue weighted by molar-refractivity contribution is 9.10. The standard InChI is InChI=1S/C32H34BrFN8O3/c1-18(43)29-24-11-21(22-13-35-19(2)36-14-22)7-9-25(24)42(39-29)15-28(44)41-17-32(34,16-40(3)4)12-26(41)31(45)38-30-23(20-5-6-20)8-10-27(33)37-30/h7-11,13-14,20,26H,5-6,12,15-17H2,1-4H3,(H,37,38,45)/t26-,32-/m0/s1. The summed E-state index contributed by atoms with van der Waals surface area (Å²) in [7, 11) is 3.51. The lowest BCUT2D eigenvalue weighted by Gasteiger charge is -2.25. The van der Waals surface area contributed by atoms with Crippen LogP contribution in [0.4, 0.5) is 10.2 Å². The van der Waals surface area contributed by atoms with E-state index in [-0.39, 0.29) is 37.5 Å². The van der Waals surface area contributed by atoms with Crippen LogP contribution in [0.1, 0.15) is 54.0 Å². The molecule has 1 aliphatic carbocycles. The summed E-state index contributed by atoms with van der Waals surface area (Å²) < 4.78 is 18.2. The molecule has 3 aromatic heterocycles. The van der Waals surface area contributed by atoms with E-state index in [1.807, 2.05) is 24.3 Å². The summed E-state index contributed by atoms with van der Waals surface area (Å²) >= 11 is 3.38. The van der Waals surface area contributed by atoms with Crippen molar-refractivity contribution in [1.29, 1.82) is 0 Å². The lowest BCUT2D eigenvalue weighted by atomic mass is 10.0. The third-order valence-corrected chi connectivity index (χ3v) is 8.69. The molecule has 2 atom stereocenters. The van der Waals surface area contributed by atoms with Crippen molar-refractivity contribution in [3.05, 3.63) is 64.4 Å². The molecule has 4 heterocycles. The SMILES string of the molecule is CC(=O)c1nn(CC(=O)N2C[C@@](F)(CN(C)C)C[C@H]2C(=O)Nc2nc(Br)ccc2C2CC2)c2ccc(-c3cnc(C)nc3)cc12. The Morgan fingerprint density at radius 1 is 1.11 bits per heavy atom. The zero-order valence-electron chi connectivity index (χ0n) is 25.5. The molecule has 0 bridgehead atoms. The molecule has 2 fully saturated rings. The van der Waals surface area contributed by atoms with E-state index in [4.69, 9.17) is 0 Å². The molecule has 2 aliphatic rings. The van der Waals surface area contributed by atoms with Crippen molar-refractivity contribution in [2.45, 2.75) is 57.3 Å². The van der Waals surface area contributed by atoms with Gasteiger partial charge in [-0.05, 0) is 85.0 Å². The first-order valence-corrected chi connectivity index (χ1v) is 15.6. The highest BCUT2D eigenvalue weighted by atomic mass is 79.9. The fourth-order valence-corrected chi connectivity index (χ4v) is 6.39. The molecule has 11 nitrogen and oxygen atoms in total. The molecule has 1 aliphatic heterocycles. The van der Waals surface area contributed by atoms with Crippen LogP contribution >= 0.6 is 15.9 Å². The number of aromatic nitrogens is 5. The van der Waals surface area contributed by atoms with Gasteiger partial charge in [0.15, 0.2) is 5.78 Å². The van der Waals surface area contributed by atoms with Crippen LogP contribution in [0.25, 0.3) is 22.0 Å². The predicted octanol–water partition coefficient (Wildman–Crippen LogP) is 4.55. The van der Waals surface area contributed by atoms with Crippen LogP contribution in [-0.2, 0) is 16.1 Å². The summed E-state index contributed by atoms with van der Waals surface area (Å²) in [5.74, 6) is 0.153. The van der Waals surface area contributed by atoms with E-state index in [0.717, 1.165) is 29.5 Å². The van der Waals surface area contributed by atoms with Crippen LogP contribution in [0, 0.1) is 6.92 Å². The van der Waals surface area contributed by atoms with Crippen molar-refractivity contribution < 1.29 is 18.8 Å². The molecule has 1 saturated carbocycles. The Morgan fingerprint density at radius 2 is 1.84 bits per heavy atom. The molecular formula is C32H34BrFN8O3. The summed E-state index contributed by atoms with van der Waals surface area (Å²) in [6, 6.07) is 8.17. The first-order valence-electron chi connectivity index (χ1n) is 14.8. The quantitative estimate of drug-likeness (QED) is 0.202. The molecule has 1 aromatic carbocycles. The van der Waals surface area contributed by atoms with Crippen molar-refractivity contribution in [3.63, 3.8) is 0 Å². The molecule has 234 valence electrons. The minimum Gasteiger partial charge on any atom is -0.326 e. The number of hydrogen-bond donors (Lipinski definition) is 1. The molecule has 4 aromatic rings. The van der Waals surface area contributed by atoms with Crippen LogP contribution in [0.3, 0.4) is 0 Å². The Morgan fingerprint density at radius 3 is 2.51 bits per heavy atom. The third kappa shape index (κ3) is 6.50. The number of benzene rings is 1. The minimum atomic E-state index is -1.80. The van der Waals surface area contributed by atoms with Crippen LogP contribution in [0.15, 0.2) is 47.3 Å². The van der Waals surface area contributed by atoms with Gasteiger partial charge < -0.3 is 15.1 Å². The molecule has 0 spiro atoms. The van der Waals surface area contributed by atoms with Crippen molar-refractivity contribution in [3.8, 4) is 11.1 Å². The first-order chi connectivity index (χ1) is 21.4. The number of alkyl halides is 1. The largest absolute Gasteiger partial charge is 0.326 e. The molecule has 1 N–H and O–H groups in total. The molecule has 2 amide bonds. The Hall–Kier alpha value is -4.10. The summed E-state index contributed by atoms with van der Waals surface area (Å²) in [5, 5.41) is 7.96. The van der Waals surface area contributed by atoms with E-state index in [1.54, 1.807) is 44.4 Å². The van der Waals surface area contributed by atoms with Gasteiger partial charge in [0.2, 0.25) is 11.8 Å². The van der Waals surface area contributed by atoms with Gasteiger partial charge in [0.05, 0.1) is 12.1 Å².